The summed E-state index contributed by atoms with van der Waals surface area (Å²) in [5.41, 5.74) is 0. The van der Waals surface area contributed by atoms with Crippen LogP contribution in [0.4, 0.5) is 5.95 Å². The highest BCUT2D eigenvalue weighted by molar-refractivity contribution is 7.71. The summed E-state index contributed by atoms with van der Waals surface area (Å²) in [5.74, 6) is 0.979. The fraction of sp³-hybridized carbons (Fsp3) is 0.846. The second kappa shape index (κ2) is 5.63. The summed E-state index contributed by atoms with van der Waals surface area (Å²) in [4.78, 5) is 2.23. The molecule has 1 aromatic heterocycles. The van der Waals surface area contributed by atoms with E-state index in [4.69, 9.17) is 17.0 Å². The van der Waals surface area contributed by atoms with Crippen molar-refractivity contribution in [3.8, 4) is 0 Å². The zero-order chi connectivity index (χ0) is 13.2. The van der Waals surface area contributed by atoms with Gasteiger partial charge in [0, 0.05) is 19.7 Å². The van der Waals surface area contributed by atoms with E-state index in [9.17, 15) is 0 Å². The third-order valence-corrected chi connectivity index (χ3v) is 4.68. The molecule has 0 aromatic carbocycles. The van der Waals surface area contributed by atoms with Crippen LogP contribution >= 0.6 is 12.2 Å². The molecule has 0 bridgehead atoms. The van der Waals surface area contributed by atoms with Gasteiger partial charge in [-0.25, -0.2) is 5.10 Å². The Morgan fingerprint density at radius 3 is 2.79 bits per heavy atom. The fourth-order valence-electron chi connectivity index (χ4n) is 3.20. The maximum atomic E-state index is 5.48. The van der Waals surface area contributed by atoms with Crippen molar-refractivity contribution in [3.05, 3.63) is 4.77 Å². The molecule has 0 amide bonds. The number of aromatic nitrogens is 3. The van der Waals surface area contributed by atoms with Crippen molar-refractivity contribution in [1.29, 1.82) is 0 Å². The molecule has 1 aliphatic carbocycles. The molecule has 2 fully saturated rings. The van der Waals surface area contributed by atoms with Crippen LogP contribution in [-0.2, 0) is 4.74 Å². The van der Waals surface area contributed by atoms with E-state index in [1.165, 1.54) is 32.1 Å². The molecule has 1 unspecified atom stereocenters. The van der Waals surface area contributed by atoms with Gasteiger partial charge in [-0.3, -0.25) is 4.57 Å². The number of aromatic amines is 1. The normalized spacial score (nSPS) is 24.8. The predicted octanol–water partition coefficient (Wildman–Crippen LogP) is 2.67. The van der Waals surface area contributed by atoms with Gasteiger partial charge in [0.2, 0.25) is 5.95 Å². The maximum Gasteiger partial charge on any atom is 0.226 e. The van der Waals surface area contributed by atoms with Gasteiger partial charge in [0.05, 0.1) is 12.6 Å². The highest BCUT2D eigenvalue weighted by Gasteiger charge is 2.27. The SMILES string of the molecule is CN(c1n[nH]c(=S)n1C1CCCCC1)C1CCOC1. The average molecular weight is 282 g/mol. The lowest BCUT2D eigenvalue weighted by Gasteiger charge is -2.29. The van der Waals surface area contributed by atoms with E-state index >= 15 is 0 Å². The molecule has 5 nitrogen and oxygen atoms in total. The van der Waals surface area contributed by atoms with Crippen LogP contribution in [0.15, 0.2) is 0 Å². The molecule has 1 saturated carbocycles. The Morgan fingerprint density at radius 2 is 2.11 bits per heavy atom. The molecule has 1 atom stereocenters. The molecular formula is C13H22N4OS. The lowest BCUT2D eigenvalue weighted by atomic mass is 9.95. The van der Waals surface area contributed by atoms with Crippen LogP contribution in [0.3, 0.4) is 0 Å². The standard InChI is InChI=1S/C13H22N4OS/c1-16(11-7-8-18-9-11)12-14-15-13(19)17(12)10-5-3-2-4-6-10/h10-11H,2-9H2,1H3,(H,15,19). The number of hydrogen-bond acceptors (Lipinski definition) is 4. The van der Waals surface area contributed by atoms with Gasteiger partial charge in [0.15, 0.2) is 4.77 Å². The van der Waals surface area contributed by atoms with Crippen molar-refractivity contribution in [2.24, 2.45) is 0 Å². The van der Waals surface area contributed by atoms with Crippen LogP contribution in [-0.4, -0.2) is 41.1 Å². The number of rotatable bonds is 3. The minimum absolute atomic E-state index is 0.424. The van der Waals surface area contributed by atoms with E-state index in [0.29, 0.717) is 12.1 Å². The smallest absolute Gasteiger partial charge is 0.226 e. The molecule has 1 aromatic rings. The van der Waals surface area contributed by atoms with Crippen LogP contribution in [0.2, 0.25) is 0 Å². The molecule has 19 heavy (non-hydrogen) atoms. The Labute approximate surface area is 118 Å². The summed E-state index contributed by atoms with van der Waals surface area (Å²) < 4.78 is 8.46. The minimum Gasteiger partial charge on any atom is -0.379 e. The van der Waals surface area contributed by atoms with Crippen molar-refractivity contribution in [3.63, 3.8) is 0 Å². The topological polar surface area (TPSA) is 46.1 Å². The first-order valence-electron chi connectivity index (χ1n) is 7.25. The number of nitrogens with one attached hydrogen (secondary N) is 1. The Bertz CT molecular complexity index is 471. The van der Waals surface area contributed by atoms with Gasteiger partial charge in [-0.2, -0.15) is 0 Å². The summed E-state index contributed by atoms with van der Waals surface area (Å²) in [6, 6.07) is 0.937. The summed E-state index contributed by atoms with van der Waals surface area (Å²) in [7, 11) is 2.10. The van der Waals surface area contributed by atoms with Gasteiger partial charge in [0.25, 0.3) is 0 Å². The van der Waals surface area contributed by atoms with Crippen LogP contribution in [0.1, 0.15) is 44.6 Å². The van der Waals surface area contributed by atoms with Gasteiger partial charge in [-0.1, -0.05) is 19.3 Å². The van der Waals surface area contributed by atoms with Gasteiger partial charge >= 0.3 is 0 Å². The lowest BCUT2D eigenvalue weighted by molar-refractivity contribution is 0.193. The van der Waals surface area contributed by atoms with Gasteiger partial charge in [0.1, 0.15) is 0 Å². The van der Waals surface area contributed by atoms with Crippen LogP contribution < -0.4 is 4.90 Å². The number of H-pyrrole nitrogens is 1. The number of anilines is 1. The van der Waals surface area contributed by atoms with Crippen LogP contribution in [0.5, 0.6) is 0 Å². The molecule has 1 N–H and O–H groups in total. The second-order valence-electron chi connectivity index (χ2n) is 5.62. The van der Waals surface area contributed by atoms with Gasteiger partial charge in [-0.05, 0) is 31.5 Å². The second-order valence-corrected chi connectivity index (χ2v) is 6.01. The molecule has 2 heterocycles. The first-order chi connectivity index (χ1) is 9.27. The first kappa shape index (κ1) is 13.1. The number of hydrogen-bond donors (Lipinski definition) is 1. The number of nitrogens with zero attached hydrogens (tertiary/aromatic N) is 3. The van der Waals surface area contributed by atoms with Crippen LogP contribution in [0, 0.1) is 4.77 Å². The highest BCUT2D eigenvalue weighted by atomic mass is 32.1. The lowest BCUT2D eigenvalue weighted by Crippen LogP contribution is -2.34. The van der Waals surface area contributed by atoms with Crippen molar-refractivity contribution in [1.82, 2.24) is 14.8 Å². The quantitative estimate of drug-likeness (QED) is 0.866. The largest absolute Gasteiger partial charge is 0.379 e. The Balaban J connectivity index is 1.86. The first-order valence-corrected chi connectivity index (χ1v) is 7.65. The molecule has 0 radical (unpaired) electrons. The number of ether oxygens (including phenoxy) is 1. The molecule has 1 saturated heterocycles. The molecule has 2 aliphatic rings. The molecular weight excluding hydrogens is 260 g/mol. The van der Waals surface area contributed by atoms with Crippen molar-refractivity contribution < 1.29 is 4.74 Å². The third-order valence-electron chi connectivity index (χ3n) is 4.39. The minimum atomic E-state index is 0.424. The van der Waals surface area contributed by atoms with Crippen LogP contribution in [0.25, 0.3) is 0 Å². The summed E-state index contributed by atoms with van der Waals surface area (Å²) in [6.45, 7) is 1.64. The molecule has 1 aliphatic heterocycles. The van der Waals surface area contributed by atoms with E-state index in [1.807, 2.05) is 0 Å². The van der Waals surface area contributed by atoms with Crippen molar-refractivity contribution in [2.45, 2.75) is 50.6 Å². The number of likely N-dealkylation sites (N-methyl/N-ethyl adjacent to an activating group) is 1. The monoisotopic (exact) mass is 282 g/mol. The fourth-order valence-corrected chi connectivity index (χ4v) is 3.48. The zero-order valence-corrected chi connectivity index (χ0v) is 12.3. The molecule has 0 spiro atoms. The van der Waals surface area contributed by atoms with Crippen molar-refractivity contribution >= 4 is 18.2 Å². The maximum absolute atomic E-state index is 5.48. The van der Waals surface area contributed by atoms with Crippen molar-refractivity contribution in [2.75, 3.05) is 25.2 Å². The van der Waals surface area contributed by atoms with E-state index in [2.05, 4.69) is 26.7 Å². The highest BCUT2D eigenvalue weighted by Crippen LogP contribution is 2.32. The predicted molar refractivity (Wildman–Crippen MR) is 77.2 cm³/mol. The van der Waals surface area contributed by atoms with Gasteiger partial charge in [-0.15, -0.1) is 5.10 Å². The van der Waals surface area contributed by atoms with E-state index in [1.54, 1.807) is 0 Å². The average Bonchev–Trinajstić information content (AvgIpc) is 3.08. The summed E-state index contributed by atoms with van der Waals surface area (Å²) in [5, 5.41) is 7.42. The van der Waals surface area contributed by atoms with E-state index in [0.717, 1.165) is 30.4 Å². The Hall–Kier alpha value is -0.880. The Morgan fingerprint density at radius 1 is 1.32 bits per heavy atom. The molecule has 106 valence electrons. The summed E-state index contributed by atoms with van der Waals surface area (Å²) in [6.07, 6.45) is 7.45. The molecule has 6 heteroatoms. The molecule has 3 rings (SSSR count). The Kier molecular flexibility index (Phi) is 3.88. The van der Waals surface area contributed by atoms with E-state index < -0.39 is 0 Å². The third kappa shape index (κ3) is 2.56. The zero-order valence-electron chi connectivity index (χ0n) is 11.5. The van der Waals surface area contributed by atoms with E-state index in [-0.39, 0.29) is 0 Å². The van der Waals surface area contributed by atoms with Gasteiger partial charge < -0.3 is 9.64 Å². The summed E-state index contributed by atoms with van der Waals surface area (Å²) >= 11 is 5.43.